The van der Waals surface area contributed by atoms with Gasteiger partial charge in [-0.05, 0) is 38.9 Å². The molecule has 0 atom stereocenters. The Balaban J connectivity index is 2.04. The van der Waals surface area contributed by atoms with Crippen molar-refractivity contribution >= 4 is 0 Å². The highest BCUT2D eigenvalue weighted by Gasteiger charge is 2.29. The summed E-state index contributed by atoms with van der Waals surface area (Å²) in [6.45, 7) is 8.30. The van der Waals surface area contributed by atoms with E-state index in [1.807, 2.05) is 18.2 Å². The van der Waals surface area contributed by atoms with E-state index in [-0.39, 0.29) is 5.41 Å². The zero-order chi connectivity index (χ0) is 14.4. The SMILES string of the molecule is CCNCCCc1nnc(C(C)(C)c2ccccc2)o1. The monoisotopic (exact) mass is 273 g/mol. The maximum Gasteiger partial charge on any atom is 0.226 e. The largest absolute Gasteiger partial charge is 0.424 e. The summed E-state index contributed by atoms with van der Waals surface area (Å²) in [5, 5.41) is 11.7. The van der Waals surface area contributed by atoms with Gasteiger partial charge in [0.1, 0.15) is 0 Å². The van der Waals surface area contributed by atoms with E-state index in [2.05, 4.69) is 48.4 Å². The first kappa shape index (κ1) is 14.7. The number of rotatable bonds is 7. The van der Waals surface area contributed by atoms with Crippen LogP contribution in [0.1, 0.15) is 44.5 Å². The molecule has 108 valence electrons. The molecule has 0 unspecified atom stereocenters. The van der Waals surface area contributed by atoms with Gasteiger partial charge in [-0.25, -0.2) is 0 Å². The second-order valence-corrected chi connectivity index (χ2v) is 5.45. The molecule has 0 saturated carbocycles. The Labute approximate surface area is 120 Å². The van der Waals surface area contributed by atoms with Crippen LogP contribution < -0.4 is 5.32 Å². The van der Waals surface area contributed by atoms with Crippen LogP contribution in [0.4, 0.5) is 0 Å². The van der Waals surface area contributed by atoms with Crippen LogP contribution in [-0.4, -0.2) is 23.3 Å². The summed E-state index contributed by atoms with van der Waals surface area (Å²) in [5.74, 6) is 1.41. The van der Waals surface area contributed by atoms with Crippen molar-refractivity contribution < 1.29 is 4.42 Å². The number of nitrogens with one attached hydrogen (secondary N) is 1. The van der Waals surface area contributed by atoms with Crippen LogP contribution in [0, 0.1) is 0 Å². The first-order valence-electron chi connectivity index (χ1n) is 7.23. The van der Waals surface area contributed by atoms with Crippen LogP contribution in [0.15, 0.2) is 34.7 Å². The van der Waals surface area contributed by atoms with Crippen molar-refractivity contribution in [3.63, 3.8) is 0 Å². The van der Waals surface area contributed by atoms with Crippen LogP contribution in [-0.2, 0) is 11.8 Å². The van der Waals surface area contributed by atoms with E-state index >= 15 is 0 Å². The molecule has 0 bridgehead atoms. The van der Waals surface area contributed by atoms with Gasteiger partial charge in [0.25, 0.3) is 0 Å². The first-order chi connectivity index (χ1) is 9.64. The molecule has 0 aliphatic rings. The summed E-state index contributed by atoms with van der Waals surface area (Å²) >= 11 is 0. The van der Waals surface area contributed by atoms with Gasteiger partial charge in [0, 0.05) is 6.42 Å². The molecule has 2 aromatic rings. The summed E-state index contributed by atoms with van der Waals surface area (Å²) in [6, 6.07) is 10.3. The molecule has 1 aromatic carbocycles. The molecular weight excluding hydrogens is 250 g/mol. The number of aryl methyl sites for hydroxylation is 1. The van der Waals surface area contributed by atoms with E-state index in [9.17, 15) is 0 Å². The summed E-state index contributed by atoms with van der Waals surface area (Å²) < 4.78 is 5.83. The van der Waals surface area contributed by atoms with Gasteiger partial charge in [-0.1, -0.05) is 37.3 Å². The molecule has 4 heteroatoms. The maximum absolute atomic E-state index is 5.83. The van der Waals surface area contributed by atoms with Crippen LogP contribution >= 0.6 is 0 Å². The lowest BCUT2D eigenvalue weighted by Crippen LogP contribution is -2.19. The molecule has 0 spiro atoms. The molecule has 20 heavy (non-hydrogen) atoms. The Bertz CT molecular complexity index is 520. The fourth-order valence-electron chi connectivity index (χ4n) is 2.13. The molecule has 4 nitrogen and oxygen atoms in total. The highest BCUT2D eigenvalue weighted by molar-refractivity contribution is 5.29. The lowest BCUT2D eigenvalue weighted by Gasteiger charge is -2.20. The summed E-state index contributed by atoms with van der Waals surface area (Å²) in [7, 11) is 0. The van der Waals surface area contributed by atoms with E-state index in [4.69, 9.17) is 4.42 Å². The highest BCUT2D eigenvalue weighted by atomic mass is 16.4. The lowest BCUT2D eigenvalue weighted by molar-refractivity contribution is 0.384. The van der Waals surface area contributed by atoms with Gasteiger partial charge in [-0.3, -0.25) is 0 Å². The molecule has 1 N–H and O–H groups in total. The standard InChI is InChI=1S/C16H23N3O/c1-4-17-12-8-11-14-18-19-15(20-14)16(2,3)13-9-6-5-7-10-13/h5-7,9-10,17H,4,8,11-12H2,1-3H3. The predicted octanol–water partition coefficient (Wildman–Crippen LogP) is 2.94. The van der Waals surface area contributed by atoms with Crippen molar-refractivity contribution in [2.75, 3.05) is 13.1 Å². The molecule has 0 aliphatic heterocycles. The van der Waals surface area contributed by atoms with Crippen molar-refractivity contribution in [3.05, 3.63) is 47.7 Å². The fraction of sp³-hybridized carbons (Fsp3) is 0.500. The predicted molar refractivity (Wildman–Crippen MR) is 79.7 cm³/mol. The van der Waals surface area contributed by atoms with E-state index in [0.717, 1.165) is 31.8 Å². The molecule has 1 heterocycles. The van der Waals surface area contributed by atoms with Gasteiger partial charge in [-0.2, -0.15) is 0 Å². The minimum Gasteiger partial charge on any atom is -0.424 e. The number of aromatic nitrogens is 2. The third-order valence-corrected chi connectivity index (χ3v) is 3.49. The second kappa shape index (κ2) is 6.66. The number of benzene rings is 1. The smallest absolute Gasteiger partial charge is 0.226 e. The Morgan fingerprint density at radius 3 is 2.60 bits per heavy atom. The summed E-state index contributed by atoms with van der Waals surface area (Å²) in [6.07, 6.45) is 1.84. The maximum atomic E-state index is 5.83. The highest BCUT2D eigenvalue weighted by Crippen LogP contribution is 2.30. The van der Waals surface area contributed by atoms with Gasteiger partial charge in [0.05, 0.1) is 5.41 Å². The molecule has 1 aromatic heterocycles. The third-order valence-electron chi connectivity index (χ3n) is 3.49. The molecule has 0 amide bonds. The van der Waals surface area contributed by atoms with Gasteiger partial charge in [0.2, 0.25) is 11.8 Å². The number of nitrogens with zero attached hydrogens (tertiary/aromatic N) is 2. The van der Waals surface area contributed by atoms with E-state index in [1.165, 1.54) is 5.56 Å². The van der Waals surface area contributed by atoms with Crippen molar-refractivity contribution in [1.29, 1.82) is 0 Å². The molecule has 0 radical (unpaired) electrons. The lowest BCUT2D eigenvalue weighted by atomic mass is 9.85. The molecule has 0 fully saturated rings. The van der Waals surface area contributed by atoms with Crippen LogP contribution in [0.2, 0.25) is 0 Å². The van der Waals surface area contributed by atoms with E-state index < -0.39 is 0 Å². The Morgan fingerprint density at radius 2 is 1.90 bits per heavy atom. The van der Waals surface area contributed by atoms with Crippen LogP contribution in [0.5, 0.6) is 0 Å². The van der Waals surface area contributed by atoms with Crippen LogP contribution in [0.25, 0.3) is 0 Å². The first-order valence-corrected chi connectivity index (χ1v) is 7.23. The Hall–Kier alpha value is -1.68. The minimum absolute atomic E-state index is 0.256. The molecule has 2 rings (SSSR count). The van der Waals surface area contributed by atoms with Gasteiger partial charge in [0.15, 0.2) is 0 Å². The minimum atomic E-state index is -0.256. The molecule has 0 saturated heterocycles. The Morgan fingerprint density at radius 1 is 1.15 bits per heavy atom. The van der Waals surface area contributed by atoms with Gasteiger partial charge in [-0.15, -0.1) is 10.2 Å². The average Bonchev–Trinajstić information content (AvgIpc) is 2.94. The van der Waals surface area contributed by atoms with Crippen molar-refractivity contribution in [1.82, 2.24) is 15.5 Å². The molecule has 0 aliphatic carbocycles. The van der Waals surface area contributed by atoms with Crippen molar-refractivity contribution in [2.24, 2.45) is 0 Å². The third kappa shape index (κ3) is 3.45. The van der Waals surface area contributed by atoms with E-state index in [1.54, 1.807) is 0 Å². The average molecular weight is 273 g/mol. The normalized spacial score (nSPS) is 11.8. The molecular formula is C16H23N3O. The number of hydrogen-bond donors (Lipinski definition) is 1. The van der Waals surface area contributed by atoms with Crippen molar-refractivity contribution in [3.8, 4) is 0 Å². The van der Waals surface area contributed by atoms with E-state index in [0.29, 0.717) is 5.89 Å². The second-order valence-electron chi connectivity index (χ2n) is 5.45. The zero-order valence-electron chi connectivity index (χ0n) is 12.5. The van der Waals surface area contributed by atoms with Gasteiger partial charge < -0.3 is 9.73 Å². The summed E-state index contributed by atoms with van der Waals surface area (Å²) in [4.78, 5) is 0. The summed E-state index contributed by atoms with van der Waals surface area (Å²) in [5.41, 5.74) is 0.927. The number of hydrogen-bond acceptors (Lipinski definition) is 4. The van der Waals surface area contributed by atoms with Crippen LogP contribution in [0.3, 0.4) is 0 Å². The fourth-order valence-corrected chi connectivity index (χ4v) is 2.13. The topological polar surface area (TPSA) is 51.0 Å². The van der Waals surface area contributed by atoms with Gasteiger partial charge >= 0.3 is 0 Å². The zero-order valence-corrected chi connectivity index (χ0v) is 12.5. The quantitative estimate of drug-likeness (QED) is 0.788. The van der Waals surface area contributed by atoms with Crippen molar-refractivity contribution in [2.45, 2.75) is 39.0 Å². The Kier molecular flexibility index (Phi) is 4.90.